The number of phenolic OH excluding ortho intramolecular Hbond substituents is 1. The van der Waals surface area contributed by atoms with Gasteiger partial charge in [0.15, 0.2) is 11.4 Å². The average Bonchev–Trinajstić information content (AvgIpc) is 3.31. The molecule has 1 aromatic carbocycles. The summed E-state index contributed by atoms with van der Waals surface area (Å²) in [4.78, 5) is 37.8. The maximum Gasteiger partial charge on any atom is 0.255 e. The van der Waals surface area contributed by atoms with Gasteiger partial charge in [0.05, 0.1) is 11.7 Å². The minimum absolute atomic E-state index is 0.0321. The van der Waals surface area contributed by atoms with E-state index in [4.69, 9.17) is 5.73 Å². The number of carbonyl (C=O) groups excluding carboxylic acids is 3. The van der Waals surface area contributed by atoms with Gasteiger partial charge in [-0.05, 0) is 24.3 Å². The van der Waals surface area contributed by atoms with Crippen molar-refractivity contribution in [2.24, 2.45) is 17.6 Å². The maximum atomic E-state index is 13.6. The number of amides is 1. The number of fused-ring (bicyclic) bond motifs is 3. The summed E-state index contributed by atoms with van der Waals surface area (Å²) in [5, 5.41) is 55.5. The number of ketones is 2. The highest BCUT2D eigenvalue weighted by Gasteiger charge is 2.64. The van der Waals surface area contributed by atoms with Crippen LogP contribution in [0.5, 0.6) is 5.75 Å². The molecular formula is C25H25NO8. The first kappa shape index (κ1) is 22.4. The molecule has 1 aromatic rings. The molecule has 1 fully saturated rings. The molecule has 6 atom stereocenters. The highest BCUT2D eigenvalue weighted by Crippen LogP contribution is 2.56. The number of rotatable bonds is 2. The van der Waals surface area contributed by atoms with Crippen LogP contribution in [-0.4, -0.2) is 54.7 Å². The largest absolute Gasteiger partial charge is 0.508 e. The molecule has 178 valence electrons. The maximum absolute atomic E-state index is 13.6. The van der Waals surface area contributed by atoms with Gasteiger partial charge in [0, 0.05) is 35.3 Å². The average molecular weight is 467 g/mol. The number of primary amides is 1. The molecule has 1 unspecified atom stereocenters. The van der Waals surface area contributed by atoms with Gasteiger partial charge in [0.2, 0.25) is 5.78 Å². The standard InChI is InChI=1S/C25H25NO8/c1-9-11-6-7-12(10-4-2-3-5-10)19(28)16(11)21(30)18-15(9)20(29)13-8-14(27)17(24(26)33)22(31)25(13,34)23(18)32/h2,4,6-7,9-10,13,15,20,28-31,34H,3,5,8H2,1H3,(H2,26,33)/t9-,10?,13+,15+,20+,25+/m0/s1. The molecule has 1 amide bonds. The van der Waals surface area contributed by atoms with E-state index in [1.54, 1.807) is 19.1 Å². The zero-order valence-electron chi connectivity index (χ0n) is 18.4. The minimum atomic E-state index is -2.82. The number of aliphatic hydroxyl groups excluding tert-OH is 3. The summed E-state index contributed by atoms with van der Waals surface area (Å²) in [7, 11) is 0. The van der Waals surface area contributed by atoms with Crippen LogP contribution in [0.2, 0.25) is 0 Å². The Kier molecular flexibility index (Phi) is 4.79. The van der Waals surface area contributed by atoms with Crippen LogP contribution in [0.1, 0.15) is 54.7 Å². The smallest absolute Gasteiger partial charge is 0.255 e. The Bertz CT molecular complexity index is 1260. The third-order valence-corrected chi connectivity index (χ3v) is 7.94. The SMILES string of the molecule is C[C@H]1c2ccc(C3C=CCC3)c(O)c2C(O)=C2C(=O)[C@]3(O)C(O)=C(C(N)=O)C(=O)C[C@@H]3[C@@H](O)[C@@H]21. The van der Waals surface area contributed by atoms with Crippen molar-refractivity contribution in [3.8, 4) is 5.75 Å². The van der Waals surface area contributed by atoms with E-state index in [-0.39, 0.29) is 22.8 Å². The number of nitrogens with two attached hydrogens (primary N) is 1. The molecule has 5 rings (SSSR count). The lowest BCUT2D eigenvalue weighted by molar-refractivity contribution is -0.160. The van der Waals surface area contributed by atoms with Gasteiger partial charge >= 0.3 is 0 Å². The van der Waals surface area contributed by atoms with E-state index in [1.165, 1.54) is 0 Å². The van der Waals surface area contributed by atoms with Gasteiger partial charge in [-0.3, -0.25) is 14.4 Å². The van der Waals surface area contributed by atoms with Crippen LogP contribution < -0.4 is 5.73 Å². The lowest BCUT2D eigenvalue weighted by Crippen LogP contribution is -2.63. The summed E-state index contributed by atoms with van der Waals surface area (Å²) >= 11 is 0. The number of allylic oxidation sites excluding steroid dienone is 2. The second kappa shape index (κ2) is 7.28. The molecule has 34 heavy (non-hydrogen) atoms. The number of Topliss-reactive ketones (excluding diaryl/α,β-unsaturated/α-hetero) is 2. The normalized spacial score (nSPS) is 34.7. The first-order chi connectivity index (χ1) is 16.0. The van der Waals surface area contributed by atoms with E-state index in [1.807, 2.05) is 12.2 Å². The third kappa shape index (κ3) is 2.65. The van der Waals surface area contributed by atoms with E-state index in [0.29, 0.717) is 11.1 Å². The van der Waals surface area contributed by atoms with E-state index in [0.717, 1.165) is 12.8 Å². The fraction of sp³-hybridized carbons (Fsp3) is 0.400. The van der Waals surface area contributed by atoms with Gasteiger partial charge in [0.25, 0.3) is 5.91 Å². The first-order valence-corrected chi connectivity index (χ1v) is 11.2. The number of benzene rings is 1. The van der Waals surface area contributed by atoms with Crippen molar-refractivity contribution in [2.75, 3.05) is 0 Å². The summed E-state index contributed by atoms with van der Waals surface area (Å²) in [5.41, 5.74) is 2.21. The predicted octanol–water partition coefficient (Wildman–Crippen LogP) is 1.39. The molecule has 0 aromatic heterocycles. The van der Waals surface area contributed by atoms with Crippen molar-refractivity contribution in [3.63, 3.8) is 0 Å². The van der Waals surface area contributed by atoms with Crippen LogP contribution in [0, 0.1) is 11.8 Å². The zero-order chi connectivity index (χ0) is 24.7. The van der Waals surface area contributed by atoms with E-state index in [9.17, 15) is 39.9 Å². The number of hydrogen-bond acceptors (Lipinski definition) is 8. The van der Waals surface area contributed by atoms with Crippen molar-refractivity contribution >= 4 is 23.2 Å². The molecule has 9 heteroatoms. The van der Waals surface area contributed by atoms with Crippen molar-refractivity contribution in [1.29, 1.82) is 0 Å². The Morgan fingerprint density at radius 2 is 1.82 bits per heavy atom. The fourth-order valence-electron chi connectivity index (χ4n) is 6.20. The number of aromatic hydroxyl groups is 1. The summed E-state index contributed by atoms with van der Waals surface area (Å²) in [6.45, 7) is 1.71. The molecule has 0 radical (unpaired) electrons. The summed E-state index contributed by atoms with van der Waals surface area (Å²) in [5.74, 6) is -8.49. The van der Waals surface area contributed by atoms with Crippen LogP contribution >= 0.6 is 0 Å². The quantitative estimate of drug-likeness (QED) is 0.279. The second-order valence-corrected chi connectivity index (χ2v) is 9.56. The summed E-state index contributed by atoms with van der Waals surface area (Å²) in [6, 6.07) is 3.50. The molecule has 1 saturated carbocycles. The lowest BCUT2D eigenvalue weighted by atomic mass is 9.55. The summed E-state index contributed by atoms with van der Waals surface area (Å²) in [6.07, 6.45) is 3.46. The monoisotopic (exact) mass is 467 g/mol. The van der Waals surface area contributed by atoms with E-state index < -0.39 is 70.4 Å². The van der Waals surface area contributed by atoms with Crippen molar-refractivity contribution in [2.45, 2.75) is 49.7 Å². The molecule has 0 saturated heterocycles. The Balaban J connectivity index is 1.74. The Morgan fingerprint density at radius 3 is 2.44 bits per heavy atom. The second-order valence-electron chi connectivity index (χ2n) is 9.56. The van der Waals surface area contributed by atoms with Crippen LogP contribution in [0.4, 0.5) is 0 Å². The Hall–Kier alpha value is -3.43. The number of phenols is 1. The van der Waals surface area contributed by atoms with E-state index in [2.05, 4.69) is 0 Å². The van der Waals surface area contributed by atoms with Crippen molar-refractivity contribution in [1.82, 2.24) is 0 Å². The van der Waals surface area contributed by atoms with Crippen molar-refractivity contribution in [3.05, 3.63) is 57.9 Å². The molecule has 0 spiro atoms. The van der Waals surface area contributed by atoms with Gasteiger partial charge < -0.3 is 31.3 Å². The molecule has 4 aliphatic carbocycles. The molecule has 4 aliphatic rings. The van der Waals surface area contributed by atoms with Crippen LogP contribution in [-0.2, 0) is 14.4 Å². The zero-order valence-corrected chi connectivity index (χ0v) is 18.4. The van der Waals surface area contributed by atoms with Crippen LogP contribution in [0.25, 0.3) is 5.76 Å². The predicted molar refractivity (Wildman–Crippen MR) is 119 cm³/mol. The highest BCUT2D eigenvalue weighted by molar-refractivity contribution is 6.23. The Labute approximate surface area is 194 Å². The topological polar surface area (TPSA) is 178 Å². The number of hydrogen-bond donors (Lipinski definition) is 6. The molecule has 0 bridgehead atoms. The molecule has 0 heterocycles. The third-order valence-electron chi connectivity index (χ3n) is 7.94. The van der Waals surface area contributed by atoms with Crippen LogP contribution in [0.15, 0.2) is 41.2 Å². The van der Waals surface area contributed by atoms with Gasteiger partial charge in [-0.15, -0.1) is 0 Å². The molecular weight excluding hydrogens is 442 g/mol. The first-order valence-electron chi connectivity index (χ1n) is 11.2. The molecule has 0 aliphatic heterocycles. The van der Waals surface area contributed by atoms with Crippen molar-refractivity contribution < 1.29 is 39.9 Å². The van der Waals surface area contributed by atoms with Gasteiger partial charge in [-0.1, -0.05) is 31.2 Å². The molecule has 9 nitrogen and oxygen atoms in total. The van der Waals surface area contributed by atoms with Gasteiger partial charge in [-0.25, -0.2) is 0 Å². The van der Waals surface area contributed by atoms with E-state index >= 15 is 0 Å². The number of carbonyl (C=O) groups is 3. The fourth-order valence-corrected chi connectivity index (χ4v) is 6.20. The van der Waals surface area contributed by atoms with Gasteiger partial charge in [0.1, 0.15) is 22.8 Å². The van der Waals surface area contributed by atoms with Gasteiger partial charge in [-0.2, -0.15) is 0 Å². The lowest BCUT2D eigenvalue weighted by Gasteiger charge is -2.50. The minimum Gasteiger partial charge on any atom is -0.508 e. The molecule has 7 N–H and O–H groups in total. The Morgan fingerprint density at radius 1 is 1.15 bits per heavy atom. The number of aliphatic hydroxyl groups is 4. The van der Waals surface area contributed by atoms with Crippen LogP contribution in [0.3, 0.4) is 0 Å². The summed E-state index contributed by atoms with van der Waals surface area (Å²) < 4.78 is 0. The highest BCUT2D eigenvalue weighted by atomic mass is 16.4.